The molecule has 3 unspecified atom stereocenters. The largest absolute Gasteiger partial charge is 0.371 e. The summed E-state index contributed by atoms with van der Waals surface area (Å²) in [7, 11) is 0. The average Bonchev–Trinajstić information content (AvgIpc) is 3.55. The van der Waals surface area contributed by atoms with Gasteiger partial charge in [0.05, 0.1) is 16.3 Å². The molecule has 0 spiro atoms. The quantitative estimate of drug-likeness (QED) is 0.582. The summed E-state index contributed by atoms with van der Waals surface area (Å²) in [5.41, 5.74) is 10.3. The molecule has 3 fully saturated rings. The van der Waals surface area contributed by atoms with E-state index >= 15 is 0 Å². The van der Waals surface area contributed by atoms with Crippen molar-refractivity contribution in [3.8, 4) is 0 Å². The molecule has 2 amide bonds. The zero-order valence-corrected chi connectivity index (χ0v) is 22.5. The van der Waals surface area contributed by atoms with Crippen molar-refractivity contribution < 1.29 is 9.59 Å². The fraction of sp³-hybridized carbons (Fsp3) is 0.500. The molecule has 6 nitrogen and oxygen atoms in total. The first-order valence-corrected chi connectivity index (χ1v) is 13.6. The van der Waals surface area contributed by atoms with Crippen LogP contribution in [-0.4, -0.2) is 60.9 Å². The van der Waals surface area contributed by atoms with Crippen LogP contribution in [0.2, 0.25) is 10.0 Å². The van der Waals surface area contributed by atoms with Crippen molar-refractivity contribution in [2.24, 2.45) is 17.6 Å². The average molecular weight is 530 g/mol. The number of fused-ring (bicyclic) bond motifs is 1. The monoisotopic (exact) mass is 528 g/mol. The number of likely N-dealkylation sites (tertiary alicyclic amines) is 2. The Labute approximate surface area is 223 Å². The maximum Gasteiger partial charge on any atom is 0.257 e. The number of carbonyl (C=O) groups excluding carboxylic acids is 2. The number of halogens is 2. The number of rotatable bonds is 6. The zero-order chi connectivity index (χ0) is 25.6. The van der Waals surface area contributed by atoms with Crippen LogP contribution >= 0.6 is 23.2 Å². The molecule has 0 saturated carbocycles. The lowest BCUT2D eigenvalue weighted by molar-refractivity contribution is -0.119. The number of aryl methyl sites for hydroxylation is 2. The first-order valence-electron chi connectivity index (χ1n) is 12.8. The highest BCUT2D eigenvalue weighted by molar-refractivity contribution is 6.34. The van der Waals surface area contributed by atoms with Crippen LogP contribution in [0.25, 0.3) is 0 Å². The normalized spacial score (nSPS) is 22.8. The van der Waals surface area contributed by atoms with Gasteiger partial charge < -0.3 is 15.5 Å². The van der Waals surface area contributed by atoms with E-state index < -0.39 is 0 Å². The molecule has 3 heterocycles. The third-order valence-electron chi connectivity index (χ3n) is 8.09. The van der Waals surface area contributed by atoms with Gasteiger partial charge in [0.2, 0.25) is 5.91 Å². The van der Waals surface area contributed by atoms with E-state index in [-0.39, 0.29) is 24.3 Å². The molecular weight excluding hydrogens is 495 g/mol. The molecular formula is C28H34Cl2N4O2. The van der Waals surface area contributed by atoms with E-state index in [1.54, 1.807) is 0 Å². The van der Waals surface area contributed by atoms with E-state index in [9.17, 15) is 9.59 Å². The number of nitrogens with zero attached hydrogens (tertiary/aromatic N) is 3. The van der Waals surface area contributed by atoms with Gasteiger partial charge in [0, 0.05) is 56.8 Å². The molecule has 0 aliphatic carbocycles. The molecule has 3 aliphatic heterocycles. The minimum Gasteiger partial charge on any atom is -0.371 e. The number of hydrogen-bond acceptors (Lipinski definition) is 4. The summed E-state index contributed by atoms with van der Waals surface area (Å²) >= 11 is 13.1. The first-order chi connectivity index (χ1) is 17.2. The third kappa shape index (κ3) is 4.96. The number of carbonyl (C=O) groups is 2. The lowest BCUT2D eigenvalue weighted by Crippen LogP contribution is -2.36. The van der Waals surface area contributed by atoms with Crippen molar-refractivity contribution in [1.82, 2.24) is 9.80 Å². The summed E-state index contributed by atoms with van der Waals surface area (Å²) in [4.78, 5) is 32.3. The molecule has 3 atom stereocenters. The SMILES string of the molecule is Cc1cc(Cl)c(C(=O)N2CC3CN(C(CC(N)=O)c4ccc(C)c(Cl)c4)CC3C2)c(N2CCCC2)c1. The van der Waals surface area contributed by atoms with Crippen LogP contribution < -0.4 is 10.6 Å². The van der Waals surface area contributed by atoms with Gasteiger partial charge in [0.1, 0.15) is 0 Å². The highest BCUT2D eigenvalue weighted by Crippen LogP contribution is 2.40. The molecule has 8 heteroatoms. The van der Waals surface area contributed by atoms with Gasteiger partial charge in [0.25, 0.3) is 5.91 Å². The van der Waals surface area contributed by atoms with Gasteiger partial charge in [-0.15, -0.1) is 0 Å². The van der Waals surface area contributed by atoms with Crippen molar-refractivity contribution >= 4 is 40.7 Å². The summed E-state index contributed by atoms with van der Waals surface area (Å²) in [6.45, 7) is 8.95. The molecule has 5 rings (SSSR count). The van der Waals surface area contributed by atoms with Crippen LogP contribution in [0, 0.1) is 25.7 Å². The fourth-order valence-electron chi connectivity index (χ4n) is 6.22. The second kappa shape index (κ2) is 10.2. The smallest absolute Gasteiger partial charge is 0.257 e. The van der Waals surface area contributed by atoms with E-state index in [0.29, 0.717) is 40.5 Å². The van der Waals surface area contributed by atoms with Crippen LogP contribution in [0.15, 0.2) is 30.3 Å². The Bertz CT molecular complexity index is 1170. The van der Waals surface area contributed by atoms with Gasteiger partial charge >= 0.3 is 0 Å². The van der Waals surface area contributed by atoms with E-state index in [0.717, 1.165) is 61.4 Å². The van der Waals surface area contributed by atoms with Crippen molar-refractivity contribution in [2.75, 3.05) is 44.2 Å². The summed E-state index contributed by atoms with van der Waals surface area (Å²) < 4.78 is 0. The zero-order valence-electron chi connectivity index (χ0n) is 21.0. The molecule has 3 aliphatic rings. The Morgan fingerprint density at radius 3 is 2.25 bits per heavy atom. The van der Waals surface area contributed by atoms with E-state index in [4.69, 9.17) is 28.9 Å². The maximum absolute atomic E-state index is 13.8. The highest BCUT2D eigenvalue weighted by atomic mass is 35.5. The number of hydrogen-bond donors (Lipinski definition) is 1. The first kappa shape index (κ1) is 25.4. The van der Waals surface area contributed by atoms with Gasteiger partial charge in [-0.3, -0.25) is 14.5 Å². The third-order valence-corrected chi connectivity index (χ3v) is 8.80. The Morgan fingerprint density at radius 1 is 0.972 bits per heavy atom. The Balaban J connectivity index is 1.32. The lowest BCUT2D eigenvalue weighted by atomic mass is 10.0. The molecule has 0 aromatic heterocycles. The molecule has 0 bridgehead atoms. The topological polar surface area (TPSA) is 69.9 Å². The summed E-state index contributed by atoms with van der Waals surface area (Å²) in [6, 6.07) is 9.87. The Hall–Kier alpha value is -2.28. The van der Waals surface area contributed by atoms with Gasteiger partial charge in [-0.2, -0.15) is 0 Å². The molecule has 36 heavy (non-hydrogen) atoms. The number of primary amides is 1. The molecule has 2 aromatic carbocycles. The second-order valence-electron chi connectivity index (χ2n) is 10.7. The molecule has 0 radical (unpaired) electrons. The Kier molecular flexibility index (Phi) is 7.21. The molecule has 3 saturated heterocycles. The van der Waals surface area contributed by atoms with Crippen LogP contribution in [0.4, 0.5) is 5.69 Å². The lowest BCUT2D eigenvalue weighted by Gasteiger charge is -2.30. The number of amides is 2. The predicted molar refractivity (Wildman–Crippen MR) is 145 cm³/mol. The van der Waals surface area contributed by atoms with E-state index in [1.807, 2.05) is 43.0 Å². The van der Waals surface area contributed by atoms with Crippen LogP contribution in [0.5, 0.6) is 0 Å². The second-order valence-corrected chi connectivity index (χ2v) is 11.5. The molecule has 2 N–H and O–H groups in total. The summed E-state index contributed by atoms with van der Waals surface area (Å²) in [5.74, 6) is 0.408. The van der Waals surface area contributed by atoms with E-state index in [2.05, 4.69) is 15.9 Å². The number of nitrogens with two attached hydrogens (primary N) is 1. The number of anilines is 1. The van der Waals surface area contributed by atoms with Crippen molar-refractivity contribution in [2.45, 2.75) is 39.2 Å². The van der Waals surface area contributed by atoms with Gasteiger partial charge in [-0.05, 0) is 73.4 Å². The van der Waals surface area contributed by atoms with Gasteiger partial charge in [-0.1, -0.05) is 35.3 Å². The molecule has 192 valence electrons. The van der Waals surface area contributed by atoms with Crippen molar-refractivity contribution in [1.29, 1.82) is 0 Å². The van der Waals surface area contributed by atoms with E-state index in [1.165, 1.54) is 0 Å². The van der Waals surface area contributed by atoms with Crippen LogP contribution in [0.3, 0.4) is 0 Å². The van der Waals surface area contributed by atoms with Gasteiger partial charge in [-0.25, -0.2) is 0 Å². The predicted octanol–water partition coefficient (Wildman–Crippen LogP) is 4.83. The minimum absolute atomic E-state index is 0.0295. The maximum atomic E-state index is 13.8. The molecule has 2 aromatic rings. The highest BCUT2D eigenvalue weighted by Gasteiger charge is 2.44. The van der Waals surface area contributed by atoms with Crippen LogP contribution in [0.1, 0.15) is 52.4 Å². The number of benzene rings is 2. The summed E-state index contributed by atoms with van der Waals surface area (Å²) in [5, 5.41) is 1.24. The minimum atomic E-state index is -0.325. The fourth-order valence-corrected chi connectivity index (χ4v) is 6.75. The van der Waals surface area contributed by atoms with Crippen LogP contribution in [-0.2, 0) is 4.79 Å². The van der Waals surface area contributed by atoms with Gasteiger partial charge in [0.15, 0.2) is 0 Å². The van der Waals surface area contributed by atoms with Crippen molar-refractivity contribution in [3.63, 3.8) is 0 Å². The summed E-state index contributed by atoms with van der Waals surface area (Å²) in [6.07, 6.45) is 2.53. The Morgan fingerprint density at radius 2 is 1.64 bits per heavy atom. The standard InChI is InChI=1S/C28H34Cl2N4O2/c1-17-9-23(30)27(25(10-17)32-7-3-4-8-32)28(36)34-15-20-13-33(14-21(20)16-34)24(12-26(31)35)19-6-5-18(2)22(29)11-19/h5-6,9-11,20-21,24H,3-4,7-8,12-16H2,1-2H3,(H2,31,35). The van der Waals surface area contributed by atoms with Crippen molar-refractivity contribution in [3.05, 3.63) is 62.6 Å².